The monoisotopic (exact) mass is 307 g/mol. The van der Waals surface area contributed by atoms with E-state index in [0.29, 0.717) is 6.04 Å². The smallest absolute Gasteiger partial charge is 0.0657 e. The van der Waals surface area contributed by atoms with Gasteiger partial charge in [0.25, 0.3) is 0 Å². The lowest BCUT2D eigenvalue weighted by Crippen LogP contribution is -2.21. The Morgan fingerprint density at radius 2 is 2.17 bits per heavy atom. The maximum atomic E-state index is 4.39. The van der Waals surface area contributed by atoms with Gasteiger partial charge in [0.05, 0.1) is 11.9 Å². The molecule has 2 rings (SSSR count). The molecule has 18 heavy (non-hydrogen) atoms. The molecule has 0 bridgehead atoms. The number of nitrogens with zero attached hydrogens (tertiary/aromatic N) is 2. The van der Waals surface area contributed by atoms with E-state index in [9.17, 15) is 0 Å². The first-order valence-corrected chi connectivity index (χ1v) is 6.89. The number of aromatic nitrogens is 2. The number of hydrogen-bond acceptors (Lipinski definition) is 2. The Kier molecular flexibility index (Phi) is 4.19. The molecule has 0 radical (unpaired) electrons. The Labute approximate surface area is 116 Å². The van der Waals surface area contributed by atoms with Gasteiger partial charge in [-0.2, -0.15) is 5.10 Å². The first-order valence-electron chi connectivity index (χ1n) is 6.09. The number of halogens is 1. The minimum absolute atomic E-state index is 0.488. The van der Waals surface area contributed by atoms with E-state index in [0.717, 1.165) is 16.7 Å². The van der Waals surface area contributed by atoms with Crippen molar-refractivity contribution in [2.75, 3.05) is 0 Å². The van der Waals surface area contributed by atoms with Crippen molar-refractivity contribution in [1.82, 2.24) is 15.1 Å². The summed E-state index contributed by atoms with van der Waals surface area (Å²) in [5.41, 5.74) is 3.50. The highest BCUT2D eigenvalue weighted by Gasteiger charge is 2.03. The van der Waals surface area contributed by atoms with Crippen molar-refractivity contribution < 1.29 is 0 Å². The van der Waals surface area contributed by atoms with Gasteiger partial charge >= 0.3 is 0 Å². The molecule has 0 saturated carbocycles. The second-order valence-electron chi connectivity index (χ2n) is 4.76. The minimum atomic E-state index is 0.488. The fraction of sp³-hybridized carbons (Fsp3) is 0.357. The summed E-state index contributed by atoms with van der Waals surface area (Å²) in [4.78, 5) is 0. The number of benzene rings is 1. The Morgan fingerprint density at radius 3 is 2.83 bits per heavy atom. The molecule has 0 atom stereocenters. The summed E-state index contributed by atoms with van der Waals surface area (Å²) in [5.74, 6) is 0. The minimum Gasteiger partial charge on any atom is -0.310 e. The molecule has 2 aromatic rings. The van der Waals surface area contributed by atoms with Gasteiger partial charge in [-0.3, -0.25) is 0 Å². The fourth-order valence-corrected chi connectivity index (χ4v) is 2.01. The maximum Gasteiger partial charge on any atom is 0.0657 e. The molecular weight excluding hydrogens is 290 g/mol. The molecule has 0 unspecified atom stereocenters. The second kappa shape index (κ2) is 5.67. The van der Waals surface area contributed by atoms with E-state index < -0.39 is 0 Å². The summed E-state index contributed by atoms with van der Waals surface area (Å²) in [7, 11) is 0. The lowest BCUT2D eigenvalue weighted by molar-refractivity contribution is 0.589. The molecule has 0 fully saturated rings. The third-order valence-corrected chi connectivity index (χ3v) is 3.62. The summed E-state index contributed by atoms with van der Waals surface area (Å²) < 4.78 is 3.01. The van der Waals surface area contributed by atoms with Gasteiger partial charge in [-0.25, -0.2) is 4.68 Å². The quantitative estimate of drug-likeness (QED) is 0.937. The van der Waals surface area contributed by atoms with Gasteiger partial charge in [0.15, 0.2) is 0 Å². The summed E-state index contributed by atoms with van der Waals surface area (Å²) in [6.07, 6.45) is 3.97. The first-order chi connectivity index (χ1) is 8.56. The van der Waals surface area contributed by atoms with Crippen LogP contribution >= 0.6 is 15.9 Å². The van der Waals surface area contributed by atoms with Crippen molar-refractivity contribution in [2.24, 2.45) is 0 Å². The van der Waals surface area contributed by atoms with E-state index in [1.807, 2.05) is 10.9 Å². The van der Waals surface area contributed by atoms with Crippen molar-refractivity contribution in [2.45, 2.75) is 33.4 Å². The zero-order valence-corrected chi connectivity index (χ0v) is 12.5. The van der Waals surface area contributed by atoms with Gasteiger partial charge in [0.2, 0.25) is 0 Å². The average molecular weight is 308 g/mol. The summed E-state index contributed by atoms with van der Waals surface area (Å²) >= 11 is 3.55. The van der Waals surface area contributed by atoms with Gasteiger partial charge in [-0.15, -0.1) is 0 Å². The van der Waals surface area contributed by atoms with Crippen LogP contribution in [-0.4, -0.2) is 15.8 Å². The van der Waals surface area contributed by atoms with Crippen molar-refractivity contribution in [3.8, 4) is 5.69 Å². The van der Waals surface area contributed by atoms with Crippen molar-refractivity contribution in [1.29, 1.82) is 0 Å². The fourth-order valence-electron chi connectivity index (χ4n) is 1.64. The predicted molar refractivity (Wildman–Crippen MR) is 78.0 cm³/mol. The van der Waals surface area contributed by atoms with Crippen molar-refractivity contribution >= 4 is 15.9 Å². The van der Waals surface area contributed by atoms with E-state index in [-0.39, 0.29) is 0 Å². The normalized spacial score (nSPS) is 11.2. The molecule has 1 aromatic carbocycles. The molecule has 0 amide bonds. The van der Waals surface area contributed by atoms with Gasteiger partial charge in [-0.05, 0) is 24.6 Å². The molecule has 1 N–H and O–H groups in total. The van der Waals surface area contributed by atoms with Crippen molar-refractivity contribution in [3.05, 3.63) is 46.2 Å². The van der Waals surface area contributed by atoms with Crippen LogP contribution < -0.4 is 5.32 Å². The van der Waals surface area contributed by atoms with Crippen LogP contribution in [0.25, 0.3) is 5.69 Å². The zero-order valence-electron chi connectivity index (χ0n) is 10.9. The van der Waals surface area contributed by atoms with Crippen LogP contribution in [0.5, 0.6) is 0 Å². The van der Waals surface area contributed by atoms with E-state index in [1.165, 1.54) is 11.1 Å². The molecule has 1 aromatic heterocycles. The second-order valence-corrected chi connectivity index (χ2v) is 5.62. The van der Waals surface area contributed by atoms with Gasteiger partial charge in [0.1, 0.15) is 0 Å². The lowest BCUT2D eigenvalue weighted by Gasteiger charge is -2.06. The average Bonchev–Trinajstić information content (AvgIpc) is 2.79. The Morgan fingerprint density at radius 1 is 1.39 bits per heavy atom. The number of hydrogen-bond donors (Lipinski definition) is 1. The number of nitrogens with one attached hydrogen (secondary N) is 1. The van der Waals surface area contributed by atoms with Crippen LogP contribution in [0.3, 0.4) is 0 Å². The van der Waals surface area contributed by atoms with Crippen LogP contribution in [-0.2, 0) is 6.54 Å². The van der Waals surface area contributed by atoms with E-state index >= 15 is 0 Å². The van der Waals surface area contributed by atoms with Crippen LogP contribution in [0.2, 0.25) is 0 Å². The standard InChI is InChI=1S/C14H18BrN3/c1-10(2)16-7-12-8-17-18(9-12)13-5-4-11(3)14(15)6-13/h4-6,8-10,16H,7H2,1-3H3. The zero-order chi connectivity index (χ0) is 13.1. The van der Waals surface area contributed by atoms with Crippen LogP contribution in [0, 0.1) is 6.92 Å². The molecule has 3 nitrogen and oxygen atoms in total. The van der Waals surface area contributed by atoms with Crippen LogP contribution in [0.15, 0.2) is 35.1 Å². The molecular formula is C14H18BrN3. The molecule has 0 aliphatic carbocycles. The summed E-state index contributed by atoms with van der Waals surface area (Å²) in [6.45, 7) is 7.21. The Bertz CT molecular complexity index is 532. The first kappa shape index (κ1) is 13.3. The lowest BCUT2D eigenvalue weighted by atomic mass is 10.2. The highest BCUT2D eigenvalue weighted by atomic mass is 79.9. The van der Waals surface area contributed by atoms with E-state index in [1.54, 1.807) is 0 Å². The van der Waals surface area contributed by atoms with Crippen molar-refractivity contribution in [3.63, 3.8) is 0 Å². The third kappa shape index (κ3) is 3.21. The Balaban J connectivity index is 2.16. The van der Waals surface area contributed by atoms with Gasteiger partial charge in [0, 0.05) is 28.8 Å². The van der Waals surface area contributed by atoms with Gasteiger partial charge < -0.3 is 5.32 Å². The largest absolute Gasteiger partial charge is 0.310 e. The summed E-state index contributed by atoms with van der Waals surface area (Å²) in [6, 6.07) is 6.74. The topological polar surface area (TPSA) is 29.9 Å². The van der Waals surface area contributed by atoms with E-state index in [2.05, 4.69) is 71.5 Å². The molecule has 1 heterocycles. The van der Waals surface area contributed by atoms with Crippen LogP contribution in [0.4, 0.5) is 0 Å². The number of rotatable bonds is 4. The number of aryl methyl sites for hydroxylation is 1. The molecule has 0 spiro atoms. The molecule has 96 valence electrons. The highest BCUT2D eigenvalue weighted by molar-refractivity contribution is 9.10. The molecule has 0 aliphatic rings. The van der Waals surface area contributed by atoms with Crippen LogP contribution in [0.1, 0.15) is 25.0 Å². The maximum absolute atomic E-state index is 4.39. The molecule has 0 aliphatic heterocycles. The van der Waals surface area contributed by atoms with Gasteiger partial charge in [-0.1, -0.05) is 35.8 Å². The summed E-state index contributed by atoms with van der Waals surface area (Å²) in [5, 5.41) is 7.78. The SMILES string of the molecule is Cc1ccc(-n2cc(CNC(C)C)cn2)cc1Br. The third-order valence-electron chi connectivity index (χ3n) is 2.77. The van der Waals surface area contributed by atoms with E-state index in [4.69, 9.17) is 0 Å². The molecule has 4 heteroatoms. The predicted octanol–water partition coefficient (Wildman–Crippen LogP) is 3.44. The Hall–Kier alpha value is -1.13. The highest BCUT2D eigenvalue weighted by Crippen LogP contribution is 2.19. The molecule has 0 saturated heterocycles.